The van der Waals surface area contributed by atoms with Crippen LogP contribution in [0, 0.1) is 0 Å². The molecule has 2 amide bonds. The summed E-state index contributed by atoms with van der Waals surface area (Å²) < 4.78 is 8.59. The molecule has 2 fully saturated rings. The maximum absolute atomic E-state index is 11.1. The minimum Gasteiger partial charge on any atom is -0.375 e. The van der Waals surface area contributed by atoms with Crippen molar-refractivity contribution in [2.24, 2.45) is 0 Å². The number of carbonyl (C=O) groups excluding carboxylic acids is 4. The predicted molar refractivity (Wildman–Crippen MR) is 61.7 cm³/mol. The van der Waals surface area contributed by atoms with E-state index in [1.54, 1.807) is 0 Å². The van der Waals surface area contributed by atoms with Crippen LogP contribution in [-0.2, 0) is 19.1 Å². The summed E-state index contributed by atoms with van der Waals surface area (Å²) in [6, 6.07) is -1.33. The van der Waals surface area contributed by atoms with E-state index in [0.29, 0.717) is 11.5 Å². The lowest BCUT2D eigenvalue weighted by Crippen LogP contribution is -2.32. The molecule has 0 aromatic heterocycles. The highest BCUT2D eigenvalue weighted by Crippen LogP contribution is 2.25. The number of cyclic esters (lactones) is 4. The monoisotopic (exact) mass is 292 g/mol. The molecule has 10 heteroatoms. The number of alkyl carbamates (subject to hydrolysis) is 2. The molecule has 2 aliphatic heterocycles. The summed E-state index contributed by atoms with van der Waals surface area (Å²) in [6.45, 7) is 0. The summed E-state index contributed by atoms with van der Waals surface area (Å²) >= 11 is 0. The average molecular weight is 292 g/mol. The molecule has 0 bridgehead atoms. The highest BCUT2D eigenvalue weighted by atomic mass is 33.1. The predicted octanol–water partition coefficient (Wildman–Crippen LogP) is -0.362. The van der Waals surface area contributed by atoms with Crippen LogP contribution in [-0.4, -0.2) is 47.7 Å². The van der Waals surface area contributed by atoms with Gasteiger partial charge >= 0.3 is 24.1 Å². The number of amides is 2. The second-order valence-electron chi connectivity index (χ2n) is 3.38. The van der Waals surface area contributed by atoms with Gasteiger partial charge in [-0.1, -0.05) is 21.6 Å². The van der Waals surface area contributed by atoms with E-state index in [1.165, 1.54) is 21.6 Å². The molecule has 0 unspecified atom stereocenters. The molecule has 2 heterocycles. The Kier molecular flexibility index (Phi) is 3.97. The first-order valence-corrected chi connectivity index (χ1v) is 7.34. The Balaban J connectivity index is 1.64. The highest BCUT2D eigenvalue weighted by molar-refractivity contribution is 8.76. The molecule has 18 heavy (non-hydrogen) atoms. The normalized spacial score (nSPS) is 26.7. The van der Waals surface area contributed by atoms with E-state index in [0.717, 1.165) is 0 Å². The van der Waals surface area contributed by atoms with Crippen molar-refractivity contribution in [3.8, 4) is 0 Å². The largest absolute Gasteiger partial charge is 0.415 e. The van der Waals surface area contributed by atoms with Crippen LogP contribution in [0.4, 0.5) is 9.59 Å². The van der Waals surface area contributed by atoms with Gasteiger partial charge in [-0.25, -0.2) is 19.2 Å². The van der Waals surface area contributed by atoms with Crippen molar-refractivity contribution in [2.75, 3.05) is 11.5 Å². The van der Waals surface area contributed by atoms with Crippen molar-refractivity contribution in [3.63, 3.8) is 0 Å². The molecular formula is C8H8N2O6S2. The van der Waals surface area contributed by atoms with Crippen molar-refractivity contribution in [1.29, 1.82) is 0 Å². The lowest BCUT2D eigenvalue weighted by molar-refractivity contribution is -0.135. The van der Waals surface area contributed by atoms with E-state index in [-0.39, 0.29) is 0 Å². The van der Waals surface area contributed by atoms with E-state index in [4.69, 9.17) is 0 Å². The fourth-order valence-corrected chi connectivity index (χ4v) is 3.54. The van der Waals surface area contributed by atoms with Crippen LogP contribution in [0.25, 0.3) is 0 Å². The molecule has 0 aromatic carbocycles. The van der Waals surface area contributed by atoms with Gasteiger partial charge in [-0.05, 0) is 0 Å². The summed E-state index contributed by atoms with van der Waals surface area (Å²) in [6.07, 6.45) is -1.50. The van der Waals surface area contributed by atoms with Gasteiger partial charge in [0.2, 0.25) is 0 Å². The molecule has 0 radical (unpaired) electrons. The van der Waals surface area contributed by atoms with E-state index >= 15 is 0 Å². The number of hydrogen-bond donors (Lipinski definition) is 2. The quantitative estimate of drug-likeness (QED) is 0.306. The van der Waals surface area contributed by atoms with Gasteiger partial charge in [-0.2, -0.15) is 0 Å². The Morgan fingerprint density at radius 2 is 1.22 bits per heavy atom. The molecule has 0 saturated carbocycles. The Bertz CT molecular complexity index is 376. The van der Waals surface area contributed by atoms with Crippen molar-refractivity contribution >= 4 is 45.7 Å². The molecule has 98 valence electrons. The number of hydrogen-bond acceptors (Lipinski definition) is 8. The summed E-state index contributed by atoms with van der Waals surface area (Å²) in [5.74, 6) is -0.570. The second-order valence-corrected chi connectivity index (χ2v) is 5.93. The topological polar surface area (TPSA) is 111 Å². The molecule has 8 nitrogen and oxygen atoms in total. The van der Waals surface area contributed by atoms with Gasteiger partial charge in [-0.3, -0.25) is 0 Å². The average Bonchev–Trinajstić information content (AvgIpc) is 2.77. The number of esters is 2. The molecule has 2 N–H and O–H groups in total. The van der Waals surface area contributed by atoms with E-state index in [9.17, 15) is 19.2 Å². The lowest BCUT2D eigenvalue weighted by Gasteiger charge is -2.06. The van der Waals surface area contributed by atoms with E-state index in [1.807, 2.05) is 0 Å². The molecular weight excluding hydrogens is 284 g/mol. The van der Waals surface area contributed by atoms with Gasteiger partial charge in [0.1, 0.15) is 12.1 Å². The summed E-state index contributed by atoms with van der Waals surface area (Å²) in [5.41, 5.74) is 0. The Hall–Kier alpha value is -1.42. The minimum atomic E-state index is -0.748. The fraction of sp³-hybridized carbons (Fsp3) is 0.500. The van der Waals surface area contributed by atoms with Crippen LogP contribution in [0.5, 0.6) is 0 Å². The first kappa shape index (κ1) is 13.0. The summed E-state index contributed by atoms with van der Waals surface area (Å²) in [7, 11) is 2.58. The first-order valence-electron chi connectivity index (χ1n) is 4.85. The molecule has 2 saturated heterocycles. The van der Waals surface area contributed by atoms with Gasteiger partial charge in [0.15, 0.2) is 0 Å². The zero-order chi connectivity index (χ0) is 13.1. The zero-order valence-electron chi connectivity index (χ0n) is 8.83. The number of ether oxygens (including phenoxy) is 2. The van der Waals surface area contributed by atoms with Crippen LogP contribution in [0.15, 0.2) is 0 Å². The molecule has 0 aromatic rings. The van der Waals surface area contributed by atoms with Gasteiger partial charge in [0.05, 0.1) is 0 Å². The van der Waals surface area contributed by atoms with Gasteiger partial charge in [0.25, 0.3) is 0 Å². The summed E-state index contributed by atoms with van der Waals surface area (Å²) in [5, 5.41) is 4.68. The summed E-state index contributed by atoms with van der Waals surface area (Å²) in [4.78, 5) is 43.6. The van der Waals surface area contributed by atoms with Gasteiger partial charge in [-0.15, -0.1) is 0 Å². The Morgan fingerprint density at radius 1 is 0.833 bits per heavy atom. The van der Waals surface area contributed by atoms with Crippen molar-refractivity contribution in [2.45, 2.75) is 12.1 Å². The maximum Gasteiger partial charge on any atom is 0.415 e. The first-order chi connectivity index (χ1) is 8.56. The number of carbonyl (C=O) groups is 4. The second kappa shape index (κ2) is 5.48. The number of nitrogens with one attached hydrogen (secondary N) is 2. The van der Waals surface area contributed by atoms with Crippen LogP contribution < -0.4 is 10.6 Å². The third kappa shape index (κ3) is 3.07. The smallest absolute Gasteiger partial charge is 0.375 e. The van der Waals surface area contributed by atoms with Crippen molar-refractivity contribution in [1.82, 2.24) is 10.6 Å². The SMILES string of the molecule is O=C1N[C@@H](CSSC[C@@H]2NC(=O)OC2=O)C(=O)O1. The van der Waals surface area contributed by atoms with Crippen LogP contribution in [0.1, 0.15) is 0 Å². The van der Waals surface area contributed by atoms with Crippen LogP contribution in [0.2, 0.25) is 0 Å². The van der Waals surface area contributed by atoms with Crippen LogP contribution >= 0.6 is 21.6 Å². The van der Waals surface area contributed by atoms with Crippen molar-refractivity contribution in [3.05, 3.63) is 0 Å². The third-order valence-electron chi connectivity index (χ3n) is 2.09. The van der Waals surface area contributed by atoms with E-state index in [2.05, 4.69) is 20.1 Å². The Labute approximate surface area is 109 Å². The molecule has 2 aliphatic rings. The van der Waals surface area contributed by atoms with Crippen LogP contribution in [0.3, 0.4) is 0 Å². The van der Waals surface area contributed by atoms with Gasteiger partial charge < -0.3 is 20.1 Å². The van der Waals surface area contributed by atoms with E-state index < -0.39 is 36.2 Å². The highest BCUT2D eigenvalue weighted by Gasteiger charge is 2.34. The van der Waals surface area contributed by atoms with Gasteiger partial charge in [0, 0.05) is 11.5 Å². The maximum atomic E-state index is 11.1. The standard InChI is InChI=1S/C8H8N2O6S2/c11-5-3(9-7(13)15-5)1-17-18-2-4-6(12)16-8(14)10-4/h3-4H,1-2H2,(H,9,13)(H,10,14)/t3-,4-/m0/s1. The molecule has 2 rings (SSSR count). The lowest BCUT2D eigenvalue weighted by atomic mass is 10.4. The zero-order valence-corrected chi connectivity index (χ0v) is 10.5. The molecule has 2 atom stereocenters. The van der Waals surface area contributed by atoms with Crippen molar-refractivity contribution < 1.29 is 28.7 Å². The minimum absolute atomic E-state index is 0.324. The molecule has 0 aliphatic carbocycles. The fourth-order valence-electron chi connectivity index (χ4n) is 1.24. The molecule has 0 spiro atoms. The number of rotatable bonds is 5. The third-order valence-corrected chi connectivity index (χ3v) is 4.51. The Morgan fingerprint density at radius 3 is 1.50 bits per heavy atom.